The van der Waals surface area contributed by atoms with E-state index in [1.807, 2.05) is 6.07 Å². The molecule has 0 N–H and O–H groups in total. The number of carbonyl (C=O) groups is 2. The van der Waals surface area contributed by atoms with Crippen molar-refractivity contribution in [1.29, 1.82) is 5.26 Å². The lowest BCUT2D eigenvalue weighted by Crippen LogP contribution is -2.36. The molecule has 0 aliphatic carbocycles. The molecular formula is C15H16N2O3. The Morgan fingerprint density at radius 3 is 2.75 bits per heavy atom. The van der Waals surface area contributed by atoms with Gasteiger partial charge >= 0.3 is 0 Å². The molecule has 0 spiro atoms. The highest BCUT2D eigenvalue weighted by molar-refractivity contribution is 6.05. The van der Waals surface area contributed by atoms with E-state index in [1.165, 1.54) is 4.90 Å². The molecule has 2 amide bonds. The summed E-state index contributed by atoms with van der Waals surface area (Å²) in [5, 5.41) is 8.78. The van der Waals surface area contributed by atoms with Gasteiger partial charge in [0.2, 0.25) is 11.8 Å². The first-order chi connectivity index (χ1) is 9.44. The summed E-state index contributed by atoms with van der Waals surface area (Å²) in [5.41, 5.74) is -0.102. The molecule has 1 aliphatic rings. The van der Waals surface area contributed by atoms with Gasteiger partial charge in [0.15, 0.2) is 0 Å². The van der Waals surface area contributed by atoms with Crippen molar-refractivity contribution >= 4 is 11.8 Å². The topological polar surface area (TPSA) is 70.4 Å². The minimum Gasteiger partial charge on any atom is -0.492 e. The Bertz CT molecular complexity index is 587. The van der Waals surface area contributed by atoms with Crippen molar-refractivity contribution in [2.75, 3.05) is 13.2 Å². The molecule has 0 radical (unpaired) electrons. The number of nitrogens with zero attached hydrogens (tertiary/aromatic N) is 2. The Hall–Kier alpha value is -2.35. The first-order valence-corrected chi connectivity index (χ1v) is 6.42. The van der Waals surface area contributed by atoms with Gasteiger partial charge in [0, 0.05) is 6.42 Å². The van der Waals surface area contributed by atoms with E-state index in [4.69, 9.17) is 10.00 Å². The fourth-order valence-corrected chi connectivity index (χ4v) is 2.16. The van der Waals surface area contributed by atoms with E-state index in [9.17, 15) is 9.59 Å². The van der Waals surface area contributed by atoms with Crippen LogP contribution in [0.2, 0.25) is 0 Å². The predicted molar refractivity (Wildman–Crippen MR) is 71.8 cm³/mol. The quantitative estimate of drug-likeness (QED) is 0.782. The molecule has 20 heavy (non-hydrogen) atoms. The van der Waals surface area contributed by atoms with Crippen LogP contribution in [0.1, 0.15) is 25.8 Å². The molecule has 0 bridgehead atoms. The lowest BCUT2D eigenvalue weighted by Gasteiger charge is -2.17. The molecule has 1 aromatic carbocycles. The number of carbonyl (C=O) groups excluding carboxylic acids is 2. The molecule has 1 aliphatic heterocycles. The van der Waals surface area contributed by atoms with Gasteiger partial charge in [-0.3, -0.25) is 14.5 Å². The van der Waals surface area contributed by atoms with Crippen LogP contribution in [0.3, 0.4) is 0 Å². The van der Waals surface area contributed by atoms with Crippen molar-refractivity contribution in [1.82, 2.24) is 4.90 Å². The van der Waals surface area contributed by atoms with Gasteiger partial charge in [-0.1, -0.05) is 19.9 Å². The molecule has 1 heterocycles. The number of benzene rings is 1. The second kappa shape index (κ2) is 5.33. The molecule has 0 saturated carbocycles. The maximum Gasteiger partial charge on any atom is 0.235 e. The minimum absolute atomic E-state index is 0.156. The van der Waals surface area contributed by atoms with Gasteiger partial charge in [0.25, 0.3) is 0 Å². The average molecular weight is 272 g/mol. The van der Waals surface area contributed by atoms with E-state index < -0.39 is 5.41 Å². The predicted octanol–water partition coefficient (Wildman–Crippen LogP) is 1.72. The van der Waals surface area contributed by atoms with Crippen LogP contribution >= 0.6 is 0 Å². The molecule has 1 fully saturated rings. The fraction of sp³-hybridized carbons (Fsp3) is 0.400. The number of ether oxygens (including phenoxy) is 1. The Kier molecular flexibility index (Phi) is 3.75. The third-order valence-electron chi connectivity index (χ3n) is 3.27. The van der Waals surface area contributed by atoms with Crippen molar-refractivity contribution in [2.24, 2.45) is 5.41 Å². The number of hydrogen-bond donors (Lipinski definition) is 0. The monoisotopic (exact) mass is 272 g/mol. The SMILES string of the molecule is CC1(C)CC(=O)N(CCOc2cccc(C#N)c2)C1=O. The Morgan fingerprint density at radius 1 is 1.40 bits per heavy atom. The van der Waals surface area contributed by atoms with Crippen LogP contribution in [0, 0.1) is 16.7 Å². The van der Waals surface area contributed by atoms with Crippen molar-refractivity contribution in [2.45, 2.75) is 20.3 Å². The Morgan fingerprint density at radius 2 is 2.15 bits per heavy atom. The van der Waals surface area contributed by atoms with Gasteiger partial charge in [0.1, 0.15) is 12.4 Å². The maximum absolute atomic E-state index is 12.0. The standard InChI is InChI=1S/C15H16N2O3/c1-15(2)9-13(18)17(14(15)19)6-7-20-12-5-3-4-11(8-12)10-16/h3-5,8H,6-7,9H2,1-2H3. The van der Waals surface area contributed by atoms with E-state index in [0.29, 0.717) is 11.3 Å². The second-order valence-corrected chi connectivity index (χ2v) is 5.40. The molecule has 2 rings (SSSR count). The van der Waals surface area contributed by atoms with Crippen LogP contribution in [0.15, 0.2) is 24.3 Å². The average Bonchev–Trinajstić information content (AvgIpc) is 2.61. The van der Waals surface area contributed by atoms with Gasteiger partial charge in [-0.2, -0.15) is 5.26 Å². The lowest BCUT2D eigenvalue weighted by atomic mass is 9.92. The summed E-state index contributed by atoms with van der Waals surface area (Å²) in [6, 6.07) is 8.79. The van der Waals surface area contributed by atoms with Gasteiger partial charge < -0.3 is 4.74 Å². The zero-order chi connectivity index (χ0) is 14.8. The Labute approximate surface area is 117 Å². The number of imide groups is 1. The van der Waals surface area contributed by atoms with E-state index in [1.54, 1.807) is 38.1 Å². The molecule has 5 heteroatoms. The third kappa shape index (κ3) is 2.80. The molecule has 0 aromatic heterocycles. The summed E-state index contributed by atoms with van der Waals surface area (Å²) in [4.78, 5) is 25.0. The van der Waals surface area contributed by atoms with E-state index >= 15 is 0 Å². The van der Waals surface area contributed by atoms with Crippen molar-refractivity contribution in [3.8, 4) is 11.8 Å². The minimum atomic E-state index is -0.613. The summed E-state index contributed by atoms with van der Waals surface area (Å²) in [6.45, 7) is 4.00. The Balaban J connectivity index is 1.92. The number of nitriles is 1. The van der Waals surface area contributed by atoms with Crippen LogP contribution in [0.4, 0.5) is 0 Å². The zero-order valence-corrected chi connectivity index (χ0v) is 11.5. The number of hydrogen-bond acceptors (Lipinski definition) is 4. The summed E-state index contributed by atoms with van der Waals surface area (Å²) in [7, 11) is 0. The van der Waals surface area contributed by atoms with Gasteiger partial charge in [-0.05, 0) is 18.2 Å². The molecule has 1 aromatic rings. The van der Waals surface area contributed by atoms with E-state index in [0.717, 1.165) is 0 Å². The summed E-state index contributed by atoms with van der Waals surface area (Å²) < 4.78 is 5.48. The maximum atomic E-state index is 12.0. The van der Waals surface area contributed by atoms with Crippen LogP contribution in [0.25, 0.3) is 0 Å². The first kappa shape index (κ1) is 14.1. The largest absolute Gasteiger partial charge is 0.492 e. The first-order valence-electron chi connectivity index (χ1n) is 6.42. The second-order valence-electron chi connectivity index (χ2n) is 5.40. The zero-order valence-electron chi connectivity index (χ0n) is 11.5. The fourth-order valence-electron chi connectivity index (χ4n) is 2.16. The third-order valence-corrected chi connectivity index (χ3v) is 3.27. The summed E-state index contributed by atoms with van der Waals surface area (Å²) in [6.07, 6.45) is 0.246. The normalized spacial score (nSPS) is 17.1. The molecule has 0 unspecified atom stereocenters. The van der Waals surface area contributed by atoms with Gasteiger partial charge in [-0.15, -0.1) is 0 Å². The molecule has 5 nitrogen and oxygen atoms in total. The molecule has 0 atom stereocenters. The van der Waals surface area contributed by atoms with E-state index in [-0.39, 0.29) is 31.4 Å². The smallest absolute Gasteiger partial charge is 0.235 e. The van der Waals surface area contributed by atoms with Gasteiger partial charge in [0.05, 0.1) is 23.6 Å². The van der Waals surface area contributed by atoms with Crippen molar-refractivity contribution in [3.63, 3.8) is 0 Å². The highest BCUT2D eigenvalue weighted by Gasteiger charge is 2.44. The van der Waals surface area contributed by atoms with Crippen LogP contribution in [-0.4, -0.2) is 29.9 Å². The highest BCUT2D eigenvalue weighted by atomic mass is 16.5. The highest BCUT2D eigenvalue weighted by Crippen LogP contribution is 2.31. The van der Waals surface area contributed by atoms with Crippen molar-refractivity contribution < 1.29 is 14.3 Å². The molecular weight excluding hydrogens is 256 g/mol. The van der Waals surface area contributed by atoms with Crippen molar-refractivity contribution in [3.05, 3.63) is 29.8 Å². The van der Waals surface area contributed by atoms with Crippen LogP contribution in [-0.2, 0) is 9.59 Å². The van der Waals surface area contributed by atoms with E-state index in [2.05, 4.69) is 0 Å². The lowest BCUT2D eigenvalue weighted by molar-refractivity contribution is -0.141. The number of likely N-dealkylation sites (tertiary alicyclic amines) is 1. The van der Waals surface area contributed by atoms with Gasteiger partial charge in [-0.25, -0.2) is 0 Å². The van der Waals surface area contributed by atoms with Crippen LogP contribution in [0.5, 0.6) is 5.75 Å². The summed E-state index contributed by atoms with van der Waals surface area (Å²) in [5.74, 6) is 0.244. The number of rotatable bonds is 4. The van der Waals surface area contributed by atoms with Crippen LogP contribution < -0.4 is 4.74 Å². The summed E-state index contributed by atoms with van der Waals surface area (Å²) >= 11 is 0. The number of amides is 2. The molecule has 104 valence electrons. The molecule has 1 saturated heterocycles.